The van der Waals surface area contributed by atoms with Crippen molar-refractivity contribution in [2.45, 2.75) is 6.54 Å². The van der Waals surface area contributed by atoms with Gasteiger partial charge in [-0.05, 0) is 23.3 Å². The zero-order chi connectivity index (χ0) is 16.9. The first-order valence-electron chi connectivity index (χ1n) is 7.75. The summed E-state index contributed by atoms with van der Waals surface area (Å²) >= 11 is 0. The Bertz CT molecular complexity index is 813. The third-order valence-corrected chi connectivity index (χ3v) is 3.96. The van der Waals surface area contributed by atoms with E-state index in [2.05, 4.69) is 27.0 Å². The van der Waals surface area contributed by atoms with Crippen LogP contribution in [0, 0.1) is 0 Å². The molecule has 1 aromatic heterocycles. The third kappa shape index (κ3) is 3.20. The molecule has 0 aliphatic heterocycles. The van der Waals surface area contributed by atoms with Crippen LogP contribution in [-0.2, 0) is 13.6 Å². The lowest BCUT2D eigenvalue weighted by Gasteiger charge is -2.11. The molecule has 5 nitrogen and oxygen atoms in total. The number of imidazole rings is 1. The number of hydrogen-bond donors (Lipinski definition) is 1. The standard InChI is InChI=1S/C19H21N3O2/c1-22-16(15-7-5-4-6-8-15)13-21-19(22)20-12-14-9-10-17(23-2)18(11-14)24-3/h4-11,13H,12H2,1-3H3,(H,20,21). The molecule has 0 bridgehead atoms. The number of nitrogens with zero attached hydrogens (tertiary/aromatic N) is 2. The molecular formula is C19H21N3O2. The Morgan fingerprint density at radius 2 is 1.75 bits per heavy atom. The lowest BCUT2D eigenvalue weighted by Crippen LogP contribution is -2.06. The number of methoxy groups -OCH3 is 2. The van der Waals surface area contributed by atoms with Crippen LogP contribution >= 0.6 is 0 Å². The predicted molar refractivity (Wildman–Crippen MR) is 95.5 cm³/mol. The molecule has 0 amide bonds. The highest BCUT2D eigenvalue weighted by Gasteiger charge is 2.09. The Morgan fingerprint density at radius 1 is 1.00 bits per heavy atom. The molecule has 1 heterocycles. The molecule has 3 rings (SSSR count). The lowest BCUT2D eigenvalue weighted by atomic mass is 10.2. The van der Waals surface area contributed by atoms with Crippen LogP contribution < -0.4 is 14.8 Å². The van der Waals surface area contributed by atoms with Gasteiger partial charge in [0.05, 0.1) is 26.1 Å². The van der Waals surface area contributed by atoms with Crippen molar-refractivity contribution in [2.75, 3.05) is 19.5 Å². The second kappa shape index (κ2) is 7.08. The topological polar surface area (TPSA) is 48.3 Å². The summed E-state index contributed by atoms with van der Waals surface area (Å²) in [4.78, 5) is 4.48. The SMILES string of the molecule is COc1ccc(CNc2ncc(-c3ccccc3)n2C)cc1OC. The molecule has 3 aromatic rings. The van der Waals surface area contributed by atoms with Crippen LogP contribution in [0.15, 0.2) is 54.7 Å². The Morgan fingerprint density at radius 3 is 2.46 bits per heavy atom. The maximum Gasteiger partial charge on any atom is 0.203 e. The number of nitrogens with one attached hydrogen (secondary N) is 1. The molecule has 0 spiro atoms. The van der Waals surface area contributed by atoms with Gasteiger partial charge in [-0.1, -0.05) is 36.4 Å². The molecule has 1 N–H and O–H groups in total. The van der Waals surface area contributed by atoms with Gasteiger partial charge in [-0.15, -0.1) is 0 Å². The zero-order valence-corrected chi connectivity index (χ0v) is 14.1. The highest BCUT2D eigenvalue weighted by molar-refractivity contribution is 5.61. The molecule has 0 aliphatic rings. The van der Waals surface area contributed by atoms with Crippen molar-refractivity contribution in [3.63, 3.8) is 0 Å². The summed E-state index contributed by atoms with van der Waals surface area (Å²) in [5.41, 5.74) is 3.31. The van der Waals surface area contributed by atoms with Gasteiger partial charge in [0, 0.05) is 13.6 Å². The van der Waals surface area contributed by atoms with Gasteiger partial charge < -0.3 is 19.4 Å². The monoisotopic (exact) mass is 323 g/mol. The van der Waals surface area contributed by atoms with Gasteiger partial charge in [0.1, 0.15) is 0 Å². The minimum atomic E-state index is 0.652. The van der Waals surface area contributed by atoms with E-state index in [1.807, 2.05) is 49.6 Å². The summed E-state index contributed by atoms with van der Waals surface area (Å²) in [6.07, 6.45) is 1.88. The van der Waals surface area contributed by atoms with E-state index in [0.29, 0.717) is 6.54 Å². The first kappa shape index (κ1) is 15.9. The van der Waals surface area contributed by atoms with Gasteiger partial charge in [0.2, 0.25) is 5.95 Å². The van der Waals surface area contributed by atoms with Crippen molar-refractivity contribution in [3.8, 4) is 22.8 Å². The molecular weight excluding hydrogens is 302 g/mol. The van der Waals surface area contributed by atoms with Gasteiger partial charge in [-0.2, -0.15) is 0 Å². The average molecular weight is 323 g/mol. The predicted octanol–water partition coefficient (Wildman–Crippen LogP) is 3.72. The van der Waals surface area contributed by atoms with E-state index in [1.165, 1.54) is 0 Å². The number of hydrogen-bond acceptors (Lipinski definition) is 4. The average Bonchev–Trinajstić information content (AvgIpc) is 3.01. The van der Waals surface area contributed by atoms with Crippen molar-refractivity contribution in [3.05, 3.63) is 60.3 Å². The van der Waals surface area contributed by atoms with E-state index < -0.39 is 0 Å². The van der Waals surface area contributed by atoms with Crippen LogP contribution in [-0.4, -0.2) is 23.8 Å². The van der Waals surface area contributed by atoms with Gasteiger partial charge in [0.15, 0.2) is 11.5 Å². The van der Waals surface area contributed by atoms with E-state index in [4.69, 9.17) is 9.47 Å². The fourth-order valence-corrected chi connectivity index (χ4v) is 2.62. The van der Waals surface area contributed by atoms with Crippen LogP contribution in [0.4, 0.5) is 5.95 Å². The highest BCUT2D eigenvalue weighted by Crippen LogP contribution is 2.28. The number of anilines is 1. The zero-order valence-electron chi connectivity index (χ0n) is 14.1. The van der Waals surface area contributed by atoms with Gasteiger partial charge in [0.25, 0.3) is 0 Å². The van der Waals surface area contributed by atoms with Gasteiger partial charge >= 0.3 is 0 Å². The van der Waals surface area contributed by atoms with E-state index >= 15 is 0 Å². The summed E-state index contributed by atoms with van der Waals surface area (Å²) in [7, 11) is 5.28. The molecule has 0 unspecified atom stereocenters. The van der Waals surface area contributed by atoms with E-state index in [-0.39, 0.29) is 0 Å². The molecule has 2 aromatic carbocycles. The van der Waals surface area contributed by atoms with Crippen LogP contribution in [0.5, 0.6) is 11.5 Å². The third-order valence-electron chi connectivity index (χ3n) is 3.96. The fraction of sp³-hybridized carbons (Fsp3) is 0.211. The Balaban J connectivity index is 1.75. The second-order valence-corrected chi connectivity index (χ2v) is 5.43. The summed E-state index contributed by atoms with van der Waals surface area (Å²) in [6, 6.07) is 16.1. The van der Waals surface area contributed by atoms with Crippen LogP contribution in [0.25, 0.3) is 11.3 Å². The Kier molecular flexibility index (Phi) is 4.70. The summed E-state index contributed by atoms with van der Waals surface area (Å²) in [6.45, 7) is 0.652. The van der Waals surface area contributed by atoms with E-state index in [9.17, 15) is 0 Å². The van der Waals surface area contributed by atoms with Crippen molar-refractivity contribution in [1.29, 1.82) is 0 Å². The summed E-state index contributed by atoms with van der Waals surface area (Å²) in [5.74, 6) is 2.27. The highest BCUT2D eigenvalue weighted by atomic mass is 16.5. The first-order valence-corrected chi connectivity index (χ1v) is 7.75. The normalized spacial score (nSPS) is 10.5. The number of aromatic nitrogens is 2. The Hall–Kier alpha value is -2.95. The molecule has 0 atom stereocenters. The van der Waals surface area contributed by atoms with Crippen molar-refractivity contribution >= 4 is 5.95 Å². The molecule has 5 heteroatoms. The maximum atomic E-state index is 5.34. The van der Waals surface area contributed by atoms with Crippen LogP contribution in [0.1, 0.15) is 5.56 Å². The quantitative estimate of drug-likeness (QED) is 0.751. The molecule has 0 aliphatic carbocycles. The lowest BCUT2D eigenvalue weighted by molar-refractivity contribution is 0.354. The van der Waals surface area contributed by atoms with Gasteiger partial charge in [-0.3, -0.25) is 0 Å². The summed E-state index contributed by atoms with van der Waals surface area (Å²) < 4.78 is 12.7. The number of benzene rings is 2. The van der Waals surface area contributed by atoms with E-state index in [0.717, 1.165) is 34.3 Å². The number of ether oxygens (including phenoxy) is 2. The minimum absolute atomic E-state index is 0.652. The first-order chi connectivity index (χ1) is 11.7. The smallest absolute Gasteiger partial charge is 0.203 e. The molecule has 24 heavy (non-hydrogen) atoms. The second-order valence-electron chi connectivity index (χ2n) is 5.43. The van der Waals surface area contributed by atoms with E-state index in [1.54, 1.807) is 14.2 Å². The molecule has 0 radical (unpaired) electrons. The van der Waals surface area contributed by atoms with Crippen LogP contribution in [0.2, 0.25) is 0 Å². The number of rotatable bonds is 6. The largest absolute Gasteiger partial charge is 0.493 e. The van der Waals surface area contributed by atoms with Crippen LogP contribution in [0.3, 0.4) is 0 Å². The van der Waals surface area contributed by atoms with Gasteiger partial charge in [-0.25, -0.2) is 4.98 Å². The minimum Gasteiger partial charge on any atom is -0.493 e. The molecule has 0 fully saturated rings. The molecule has 0 saturated heterocycles. The molecule has 0 saturated carbocycles. The Labute approximate surface area is 141 Å². The molecule has 124 valence electrons. The van der Waals surface area contributed by atoms with Crippen molar-refractivity contribution < 1.29 is 9.47 Å². The fourth-order valence-electron chi connectivity index (χ4n) is 2.62. The van der Waals surface area contributed by atoms with Crippen molar-refractivity contribution in [2.24, 2.45) is 7.05 Å². The summed E-state index contributed by atoms with van der Waals surface area (Å²) in [5, 5.41) is 3.36. The maximum absolute atomic E-state index is 5.34. The van der Waals surface area contributed by atoms with Crippen molar-refractivity contribution in [1.82, 2.24) is 9.55 Å².